The molecule has 1 aromatic carbocycles. The lowest BCUT2D eigenvalue weighted by atomic mass is 9.90. The second-order valence-electron chi connectivity index (χ2n) is 4.68. The van der Waals surface area contributed by atoms with Gasteiger partial charge in [-0.2, -0.15) is 0 Å². The number of ether oxygens (including phenoxy) is 1. The molecule has 0 aliphatic heterocycles. The van der Waals surface area contributed by atoms with Gasteiger partial charge in [-0.25, -0.2) is 0 Å². The summed E-state index contributed by atoms with van der Waals surface area (Å²) in [5, 5.41) is 2.14. The van der Waals surface area contributed by atoms with Crippen molar-refractivity contribution in [2.24, 2.45) is 5.41 Å². The largest absolute Gasteiger partial charge is 0.490 e. The zero-order valence-electron chi connectivity index (χ0n) is 9.52. The molecule has 4 heteroatoms. The summed E-state index contributed by atoms with van der Waals surface area (Å²) in [6, 6.07) is 5.43. The van der Waals surface area contributed by atoms with Gasteiger partial charge in [-0.1, -0.05) is 58.0 Å². The molecule has 1 aromatic rings. The highest BCUT2D eigenvalue weighted by Gasteiger charge is 2.34. The Balaban J connectivity index is 2.06. The average Bonchev–Trinajstić information content (AvgIpc) is 2.78. The Labute approximate surface area is 121 Å². The molecule has 0 spiro atoms. The maximum absolute atomic E-state index is 6.08. The van der Waals surface area contributed by atoms with Gasteiger partial charge in [-0.05, 0) is 25.0 Å². The molecule has 1 aliphatic rings. The molecule has 2 rings (SSSR count). The number of benzene rings is 1. The van der Waals surface area contributed by atoms with Gasteiger partial charge in [-0.15, -0.1) is 0 Å². The molecule has 17 heavy (non-hydrogen) atoms. The minimum atomic E-state index is 0.252. The molecule has 0 atom stereocenters. The van der Waals surface area contributed by atoms with E-state index in [1.165, 1.54) is 25.7 Å². The molecule has 0 unspecified atom stereocenters. The fourth-order valence-electron chi connectivity index (χ4n) is 2.29. The molecule has 1 fully saturated rings. The van der Waals surface area contributed by atoms with E-state index in [9.17, 15) is 0 Å². The van der Waals surface area contributed by atoms with E-state index >= 15 is 0 Å². The van der Waals surface area contributed by atoms with Gasteiger partial charge in [0.2, 0.25) is 0 Å². The number of halogens is 3. The van der Waals surface area contributed by atoms with Gasteiger partial charge in [0.05, 0.1) is 16.7 Å². The van der Waals surface area contributed by atoms with Crippen molar-refractivity contribution < 1.29 is 4.74 Å². The van der Waals surface area contributed by atoms with E-state index in [-0.39, 0.29) is 5.41 Å². The lowest BCUT2D eigenvalue weighted by molar-refractivity contribution is 0.174. The highest BCUT2D eigenvalue weighted by atomic mass is 79.9. The van der Waals surface area contributed by atoms with Crippen molar-refractivity contribution in [2.45, 2.75) is 25.7 Å². The Bertz CT molecular complexity index is 369. The molecule has 1 nitrogen and oxygen atoms in total. The van der Waals surface area contributed by atoms with Crippen LogP contribution < -0.4 is 4.74 Å². The van der Waals surface area contributed by atoms with Gasteiger partial charge < -0.3 is 4.74 Å². The van der Waals surface area contributed by atoms with Gasteiger partial charge in [0.25, 0.3) is 0 Å². The van der Waals surface area contributed by atoms with Crippen LogP contribution in [0.1, 0.15) is 25.7 Å². The van der Waals surface area contributed by atoms with Crippen molar-refractivity contribution in [3.05, 3.63) is 28.2 Å². The van der Waals surface area contributed by atoms with E-state index in [0.717, 1.165) is 5.33 Å². The van der Waals surface area contributed by atoms with Crippen LogP contribution in [0.25, 0.3) is 0 Å². The average molecular weight is 338 g/mol. The Kier molecular flexibility index (Phi) is 4.62. The van der Waals surface area contributed by atoms with E-state index in [0.29, 0.717) is 22.4 Å². The molecule has 0 N–H and O–H groups in total. The second kappa shape index (κ2) is 5.81. The van der Waals surface area contributed by atoms with E-state index in [1.54, 1.807) is 12.1 Å². The maximum Gasteiger partial charge on any atom is 0.156 e. The minimum Gasteiger partial charge on any atom is -0.490 e. The van der Waals surface area contributed by atoms with Crippen LogP contribution in [0.5, 0.6) is 5.75 Å². The lowest BCUT2D eigenvalue weighted by Crippen LogP contribution is -2.27. The van der Waals surface area contributed by atoms with E-state index in [2.05, 4.69) is 15.9 Å². The highest BCUT2D eigenvalue weighted by Crippen LogP contribution is 2.41. The monoisotopic (exact) mass is 336 g/mol. The normalized spacial score (nSPS) is 18.3. The van der Waals surface area contributed by atoms with Crippen LogP contribution in [0, 0.1) is 5.41 Å². The number of rotatable bonds is 4. The summed E-state index contributed by atoms with van der Waals surface area (Å²) in [6.45, 7) is 0.682. The summed E-state index contributed by atoms with van der Waals surface area (Å²) in [4.78, 5) is 0. The number of hydrogen-bond donors (Lipinski definition) is 0. The first kappa shape index (κ1) is 13.5. The number of para-hydroxylation sites is 1. The van der Waals surface area contributed by atoms with E-state index in [4.69, 9.17) is 27.9 Å². The molecule has 0 aromatic heterocycles. The van der Waals surface area contributed by atoms with Gasteiger partial charge in [0.1, 0.15) is 0 Å². The molecule has 1 saturated carbocycles. The van der Waals surface area contributed by atoms with Gasteiger partial charge >= 0.3 is 0 Å². The predicted octanol–water partition coefficient (Wildman–Crippen LogP) is 5.33. The Morgan fingerprint density at radius 1 is 1.18 bits per heavy atom. The third-order valence-corrected chi connectivity index (χ3v) is 5.17. The topological polar surface area (TPSA) is 9.23 Å². The lowest BCUT2D eigenvalue weighted by Gasteiger charge is -2.26. The number of hydrogen-bond acceptors (Lipinski definition) is 1. The van der Waals surface area contributed by atoms with Gasteiger partial charge in [0.15, 0.2) is 5.75 Å². The van der Waals surface area contributed by atoms with Crippen molar-refractivity contribution in [2.75, 3.05) is 11.9 Å². The van der Waals surface area contributed by atoms with Crippen LogP contribution in [-0.4, -0.2) is 11.9 Å². The molecule has 1 aliphatic carbocycles. The third-order valence-electron chi connectivity index (χ3n) is 3.39. The molecule has 0 saturated heterocycles. The van der Waals surface area contributed by atoms with E-state index in [1.807, 2.05) is 6.07 Å². The first-order valence-corrected chi connectivity index (χ1v) is 7.67. The molecular formula is C13H15BrCl2O. The van der Waals surface area contributed by atoms with Crippen molar-refractivity contribution >= 4 is 39.1 Å². The summed E-state index contributed by atoms with van der Waals surface area (Å²) >= 11 is 15.8. The summed E-state index contributed by atoms with van der Waals surface area (Å²) in [7, 11) is 0. The smallest absolute Gasteiger partial charge is 0.156 e. The summed E-state index contributed by atoms with van der Waals surface area (Å²) < 4.78 is 5.85. The SMILES string of the molecule is Clc1cccc(Cl)c1OCC1(CBr)CCCC1. The minimum absolute atomic E-state index is 0.252. The first-order chi connectivity index (χ1) is 8.17. The predicted molar refractivity (Wildman–Crippen MR) is 76.7 cm³/mol. The molecule has 0 radical (unpaired) electrons. The van der Waals surface area contributed by atoms with Crippen molar-refractivity contribution in [1.29, 1.82) is 0 Å². The van der Waals surface area contributed by atoms with Gasteiger partial charge in [-0.3, -0.25) is 0 Å². The van der Waals surface area contributed by atoms with E-state index < -0.39 is 0 Å². The van der Waals surface area contributed by atoms with Gasteiger partial charge in [0, 0.05) is 10.7 Å². The number of alkyl halides is 1. The maximum atomic E-state index is 6.08. The van der Waals surface area contributed by atoms with Crippen LogP contribution in [-0.2, 0) is 0 Å². The molecule has 0 bridgehead atoms. The Morgan fingerprint density at radius 3 is 2.29 bits per heavy atom. The standard InChI is InChI=1S/C13H15BrCl2O/c14-8-13(6-1-2-7-13)9-17-12-10(15)4-3-5-11(12)16/h3-5H,1-2,6-9H2. The fraction of sp³-hybridized carbons (Fsp3) is 0.538. The molecule has 0 amide bonds. The van der Waals surface area contributed by atoms with Crippen LogP contribution in [0.3, 0.4) is 0 Å². The zero-order valence-corrected chi connectivity index (χ0v) is 12.6. The zero-order chi connectivity index (χ0) is 12.3. The van der Waals surface area contributed by atoms with Crippen molar-refractivity contribution in [3.8, 4) is 5.75 Å². The first-order valence-electron chi connectivity index (χ1n) is 5.80. The quantitative estimate of drug-likeness (QED) is 0.675. The summed E-state index contributed by atoms with van der Waals surface area (Å²) in [5.41, 5.74) is 0.252. The van der Waals surface area contributed by atoms with Crippen molar-refractivity contribution in [3.63, 3.8) is 0 Å². The summed E-state index contributed by atoms with van der Waals surface area (Å²) in [6.07, 6.45) is 4.98. The van der Waals surface area contributed by atoms with Crippen LogP contribution in [0.2, 0.25) is 10.0 Å². The van der Waals surface area contributed by atoms with Crippen LogP contribution in [0.4, 0.5) is 0 Å². The third kappa shape index (κ3) is 3.10. The highest BCUT2D eigenvalue weighted by molar-refractivity contribution is 9.09. The fourth-order valence-corrected chi connectivity index (χ4v) is 3.52. The molecule has 0 heterocycles. The Morgan fingerprint density at radius 2 is 1.76 bits per heavy atom. The Hall–Kier alpha value is 0.0800. The van der Waals surface area contributed by atoms with Crippen LogP contribution in [0.15, 0.2) is 18.2 Å². The molecular weight excluding hydrogens is 323 g/mol. The van der Waals surface area contributed by atoms with Crippen molar-refractivity contribution in [1.82, 2.24) is 0 Å². The second-order valence-corrected chi connectivity index (χ2v) is 6.06. The van der Waals surface area contributed by atoms with Crippen LogP contribution >= 0.6 is 39.1 Å². The molecule has 94 valence electrons. The summed E-state index contributed by atoms with van der Waals surface area (Å²) in [5.74, 6) is 0.614.